The highest BCUT2D eigenvalue weighted by Crippen LogP contribution is 2.51. The zero-order chi connectivity index (χ0) is 24.4. The predicted molar refractivity (Wildman–Crippen MR) is 146 cm³/mol. The van der Waals surface area contributed by atoms with Gasteiger partial charge >= 0.3 is 0 Å². The second-order valence-electron chi connectivity index (χ2n) is 8.42. The molecule has 2 heterocycles. The number of benzene rings is 3. The van der Waals surface area contributed by atoms with Crippen molar-refractivity contribution in [2.75, 3.05) is 25.6 Å². The Bertz CT molecular complexity index is 1290. The van der Waals surface area contributed by atoms with Gasteiger partial charge in [0.25, 0.3) is 5.91 Å². The van der Waals surface area contributed by atoms with Crippen LogP contribution in [0.4, 0.5) is 5.69 Å². The minimum absolute atomic E-state index is 0.0130. The number of rotatable bonds is 6. The lowest BCUT2D eigenvalue weighted by Gasteiger charge is -2.18. The highest BCUT2D eigenvalue weighted by Gasteiger charge is 2.39. The number of carbonyl (C=O) groups excluding carboxylic acids is 1. The molecule has 2 aliphatic heterocycles. The number of hydrogen-bond acceptors (Lipinski definition) is 6. The van der Waals surface area contributed by atoms with Crippen molar-refractivity contribution in [2.45, 2.75) is 24.3 Å². The van der Waals surface area contributed by atoms with Gasteiger partial charge in [-0.15, -0.1) is 0 Å². The molecule has 3 aromatic rings. The van der Waals surface area contributed by atoms with E-state index in [1.807, 2.05) is 66.5 Å². The van der Waals surface area contributed by atoms with Gasteiger partial charge in [-0.2, -0.15) is 0 Å². The summed E-state index contributed by atoms with van der Waals surface area (Å²) < 4.78 is 5.41. The first-order chi connectivity index (χ1) is 17.0. The van der Waals surface area contributed by atoms with Crippen LogP contribution >= 0.6 is 23.5 Å². The van der Waals surface area contributed by atoms with Crippen LogP contribution in [-0.2, 0) is 11.2 Å². The molecule has 0 aliphatic carbocycles. The van der Waals surface area contributed by atoms with Gasteiger partial charge in [-0.25, -0.2) is 0 Å². The van der Waals surface area contributed by atoms with Crippen molar-refractivity contribution in [3.8, 4) is 5.75 Å². The molecule has 5 nitrogen and oxygen atoms in total. The van der Waals surface area contributed by atoms with E-state index in [4.69, 9.17) is 9.73 Å². The summed E-state index contributed by atoms with van der Waals surface area (Å²) in [6.45, 7) is 2.66. The van der Waals surface area contributed by atoms with Crippen molar-refractivity contribution in [1.82, 2.24) is 4.90 Å². The number of fused-ring (bicyclic) bond motifs is 1. The molecule has 0 aromatic heterocycles. The lowest BCUT2D eigenvalue weighted by atomic mass is 10.1. The molecule has 3 aromatic carbocycles. The average molecular weight is 502 g/mol. The third-order valence-electron chi connectivity index (χ3n) is 6.15. The first kappa shape index (κ1) is 23.6. The third-order valence-corrected chi connectivity index (χ3v) is 8.60. The quantitative estimate of drug-likeness (QED) is 0.369. The van der Waals surface area contributed by atoms with Gasteiger partial charge in [-0.1, -0.05) is 72.4 Å². The van der Waals surface area contributed by atoms with Crippen molar-refractivity contribution < 1.29 is 9.53 Å². The third kappa shape index (κ3) is 4.83. The number of nitrogens with zero attached hydrogens (tertiary/aromatic N) is 3. The number of thioether (sulfide) groups is 2. The van der Waals surface area contributed by atoms with Crippen LogP contribution in [0.5, 0.6) is 5.75 Å². The van der Waals surface area contributed by atoms with Gasteiger partial charge in [-0.3, -0.25) is 14.7 Å². The summed E-state index contributed by atoms with van der Waals surface area (Å²) in [4.78, 5) is 24.5. The average Bonchev–Trinajstić information content (AvgIpc) is 3.39. The normalized spacial score (nSPS) is 19.4. The summed E-state index contributed by atoms with van der Waals surface area (Å²) in [5, 5.41) is 1.69. The Kier molecular flexibility index (Phi) is 6.88. The maximum Gasteiger partial charge on any atom is 0.269 e. The molecule has 1 amide bonds. The maximum absolute atomic E-state index is 13.8. The Hall–Kier alpha value is -3.16. The highest BCUT2D eigenvalue weighted by molar-refractivity contribution is 8.19. The van der Waals surface area contributed by atoms with E-state index in [1.54, 1.807) is 18.9 Å². The minimum atomic E-state index is -0.0505. The minimum Gasteiger partial charge on any atom is -0.497 e. The monoisotopic (exact) mass is 501 g/mol. The molecular formula is C28H27N3O2S2. The van der Waals surface area contributed by atoms with Gasteiger partial charge in [0.2, 0.25) is 0 Å². The number of anilines is 1. The molecule has 0 radical (unpaired) electrons. The van der Waals surface area contributed by atoms with E-state index in [2.05, 4.69) is 36.1 Å². The second kappa shape index (κ2) is 10.2. The van der Waals surface area contributed by atoms with Gasteiger partial charge in [0, 0.05) is 24.6 Å². The maximum atomic E-state index is 13.8. The SMILES string of the molecule is COc1ccc2c(c1)N(C)C(=C1SC(=NC(C)c3ccccc3)N(CCc3ccccc3)C1=O)S2. The molecule has 5 rings (SSSR count). The lowest BCUT2D eigenvalue weighted by molar-refractivity contribution is -0.122. The molecule has 0 saturated carbocycles. The van der Waals surface area contributed by atoms with Gasteiger partial charge < -0.3 is 9.64 Å². The number of hydrogen-bond donors (Lipinski definition) is 0. The fraction of sp³-hybridized carbons (Fsp3) is 0.214. The van der Waals surface area contributed by atoms with E-state index in [9.17, 15) is 4.79 Å². The fourth-order valence-corrected chi connectivity index (χ4v) is 6.55. The van der Waals surface area contributed by atoms with Crippen LogP contribution in [0.15, 0.2) is 98.7 Å². The van der Waals surface area contributed by atoms with Crippen LogP contribution in [0.3, 0.4) is 0 Å². The standard InChI is InChI=1S/C28H27N3O2S2/c1-19(21-12-8-5-9-13-21)29-28-31(17-16-20-10-6-4-7-11-20)26(32)25(35-28)27-30(2)23-18-22(33-3)14-15-24(23)34-27/h4-15,18-19H,16-17H2,1-3H3. The number of carbonyl (C=O) groups is 1. The Morgan fingerprint density at radius 3 is 2.40 bits per heavy atom. The van der Waals surface area contributed by atoms with Crippen LogP contribution in [-0.4, -0.2) is 36.7 Å². The molecule has 0 spiro atoms. The zero-order valence-corrected chi connectivity index (χ0v) is 21.6. The van der Waals surface area contributed by atoms with E-state index in [-0.39, 0.29) is 11.9 Å². The number of methoxy groups -OCH3 is 1. The molecule has 2 aliphatic rings. The van der Waals surface area contributed by atoms with E-state index < -0.39 is 0 Å². The van der Waals surface area contributed by atoms with Gasteiger partial charge in [0.1, 0.15) is 10.7 Å². The van der Waals surface area contributed by atoms with E-state index in [1.165, 1.54) is 17.3 Å². The molecule has 1 unspecified atom stereocenters. The fourth-order valence-electron chi connectivity index (χ4n) is 4.14. The number of ether oxygens (including phenoxy) is 1. The second-order valence-corrected chi connectivity index (χ2v) is 10.4. The first-order valence-electron chi connectivity index (χ1n) is 11.6. The molecule has 1 atom stereocenters. The largest absolute Gasteiger partial charge is 0.497 e. The first-order valence-corrected chi connectivity index (χ1v) is 13.2. The number of amidine groups is 1. The summed E-state index contributed by atoms with van der Waals surface area (Å²) in [6, 6.07) is 26.4. The predicted octanol–water partition coefficient (Wildman–Crippen LogP) is 6.34. The summed E-state index contributed by atoms with van der Waals surface area (Å²) in [5.41, 5.74) is 3.38. The van der Waals surface area contributed by atoms with Crippen LogP contribution in [0, 0.1) is 0 Å². The van der Waals surface area contributed by atoms with Crippen LogP contribution in [0.25, 0.3) is 0 Å². The molecule has 0 bridgehead atoms. The van der Waals surface area contributed by atoms with Crippen molar-refractivity contribution in [2.24, 2.45) is 4.99 Å². The Morgan fingerprint density at radius 2 is 1.69 bits per heavy atom. The van der Waals surface area contributed by atoms with Crippen molar-refractivity contribution in [3.05, 3.63) is 99.9 Å². The number of aliphatic imine (C=N–C) groups is 1. The summed E-state index contributed by atoms with van der Waals surface area (Å²) >= 11 is 3.10. The Balaban J connectivity index is 1.48. The molecule has 178 valence electrons. The van der Waals surface area contributed by atoms with Crippen LogP contribution < -0.4 is 9.64 Å². The Morgan fingerprint density at radius 1 is 0.971 bits per heavy atom. The summed E-state index contributed by atoms with van der Waals surface area (Å²) in [5.74, 6) is 0.815. The summed E-state index contributed by atoms with van der Waals surface area (Å²) in [6.07, 6.45) is 0.773. The zero-order valence-electron chi connectivity index (χ0n) is 20.0. The van der Waals surface area contributed by atoms with E-state index >= 15 is 0 Å². The Labute approximate surface area is 214 Å². The highest BCUT2D eigenvalue weighted by atomic mass is 32.2. The molecule has 0 N–H and O–H groups in total. The summed E-state index contributed by atoms with van der Waals surface area (Å²) in [7, 11) is 3.67. The van der Waals surface area contributed by atoms with Crippen molar-refractivity contribution in [1.29, 1.82) is 0 Å². The van der Waals surface area contributed by atoms with Crippen molar-refractivity contribution >= 4 is 40.3 Å². The van der Waals surface area contributed by atoms with Gasteiger partial charge in [-0.05, 0) is 48.4 Å². The van der Waals surface area contributed by atoms with Gasteiger partial charge in [0.05, 0.1) is 23.9 Å². The van der Waals surface area contributed by atoms with Crippen LogP contribution in [0.1, 0.15) is 24.1 Å². The van der Waals surface area contributed by atoms with Crippen LogP contribution in [0.2, 0.25) is 0 Å². The van der Waals surface area contributed by atoms with Crippen molar-refractivity contribution in [3.63, 3.8) is 0 Å². The van der Waals surface area contributed by atoms with E-state index in [0.717, 1.165) is 43.4 Å². The van der Waals surface area contributed by atoms with E-state index in [0.29, 0.717) is 6.54 Å². The van der Waals surface area contributed by atoms with Gasteiger partial charge in [0.15, 0.2) is 5.17 Å². The molecule has 1 fully saturated rings. The molecule has 35 heavy (non-hydrogen) atoms. The molecule has 1 saturated heterocycles. The lowest BCUT2D eigenvalue weighted by Crippen LogP contribution is -2.32. The molecular weight excluding hydrogens is 474 g/mol. The number of amides is 1. The smallest absolute Gasteiger partial charge is 0.269 e. The topological polar surface area (TPSA) is 45.1 Å². The molecule has 7 heteroatoms.